The van der Waals surface area contributed by atoms with Crippen LogP contribution in [0.4, 0.5) is 11.9 Å². The Morgan fingerprint density at radius 3 is 2.59 bits per heavy atom. The SMILES string of the molecule is C#CCCNc1nc(Cl)nc(N(CC)CC)n1. The molecule has 1 N–H and O–H groups in total. The fourth-order valence-corrected chi connectivity index (χ4v) is 1.47. The van der Waals surface area contributed by atoms with Crippen molar-refractivity contribution in [2.75, 3.05) is 29.9 Å². The third-order valence-electron chi connectivity index (χ3n) is 2.20. The molecular weight excluding hydrogens is 238 g/mol. The smallest absolute Gasteiger partial charge is 0.231 e. The Morgan fingerprint density at radius 1 is 1.29 bits per heavy atom. The van der Waals surface area contributed by atoms with Crippen LogP contribution in [-0.4, -0.2) is 34.6 Å². The van der Waals surface area contributed by atoms with Gasteiger partial charge in [0.1, 0.15) is 0 Å². The van der Waals surface area contributed by atoms with Gasteiger partial charge >= 0.3 is 0 Å². The molecule has 0 unspecified atom stereocenters. The molecule has 17 heavy (non-hydrogen) atoms. The molecular formula is C11H16ClN5. The van der Waals surface area contributed by atoms with Crippen molar-refractivity contribution in [2.45, 2.75) is 20.3 Å². The number of anilines is 2. The summed E-state index contributed by atoms with van der Waals surface area (Å²) >= 11 is 5.85. The Morgan fingerprint density at radius 2 is 2.00 bits per heavy atom. The van der Waals surface area contributed by atoms with E-state index >= 15 is 0 Å². The molecule has 0 aliphatic carbocycles. The fraction of sp³-hybridized carbons (Fsp3) is 0.545. The number of nitrogens with zero attached hydrogens (tertiary/aromatic N) is 4. The van der Waals surface area contributed by atoms with Gasteiger partial charge in [0.05, 0.1) is 0 Å². The average molecular weight is 254 g/mol. The zero-order chi connectivity index (χ0) is 12.7. The van der Waals surface area contributed by atoms with Crippen molar-refractivity contribution in [1.82, 2.24) is 15.0 Å². The summed E-state index contributed by atoms with van der Waals surface area (Å²) in [5, 5.41) is 3.20. The van der Waals surface area contributed by atoms with Gasteiger partial charge in [0.15, 0.2) is 0 Å². The summed E-state index contributed by atoms with van der Waals surface area (Å²) in [5.74, 6) is 3.58. The standard InChI is InChI=1S/C11H16ClN5/c1-4-7-8-13-10-14-9(12)15-11(16-10)17(5-2)6-3/h1H,5-8H2,2-3H3,(H,13,14,15,16). The van der Waals surface area contributed by atoms with Crippen molar-refractivity contribution in [3.05, 3.63) is 5.28 Å². The zero-order valence-electron chi connectivity index (χ0n) is 10.1. The highest BCUT2D eigenvalue weighted by Crippen LogP contribution is 2.13. The van der Waals surface area contributed by atoms with Crippen molar-refractivity contribution in [2.24, 2.45) is 0 Å². The van der Waals surface area contributed by atoms with E-state index in [1.807, 2.05) is 18.7 Å². The first kappa shape index (κ1) is 13.5. The van der Waals surface area contributed by atoms with Gasteiger partial charge < -0.3 is 10.2 Å². The van der Waals surface area contributed by atoms with Crippen LogP contribution in [0.1, 0.15) is 20.3 Å². The molecule has 92 valence electrons. The number of rotatable bonds is 6. The van der Waals surface area contributed by atoms with E-state index in [0.717, 1.165) is 13.1 Å². The van der Waals surface area contributed by atoms with Gasteiger partial charge in [-0.1, -0.05) is 0 Å². The molecule has 1 rings (SSSR count). The van der Waals surface area contributed by atoms with E-state index < -0.39 is 0 Å². The third-order valence-corrected chi connectivity index (χ3v) is 2.36. The van der Waals surface area contributed by atoms with E-state index in [0.29, 0.717) is 24.9 Å². The van der Waals surface area contributed by atoms with Gasteiger partial charge in [0, 0.05) is 26.1 Å². The number of aromatic nitrogens is 3. The second kappa shape index (κ2) is 6.92. The molecule has 0 aliphatic heterocycles. The average Bonchev–Trinajstić information content (AvgIpc) is 2.30. The number of nitrogens with one attached hydrogen (secondary N) is 1. The van der Waals surface area contributed by atoms with Gasteiger partial charge in [0.25, 0.3) is 0 Å². The Bertz CT molecular complexity index is 397. The Kier molecular flexibility index (Phi) is 5.50. The van der Waals surface area contributed by atoms with Gasteiger partial charge in [0.2, 0.25) is 17.2 Å². The quantitative estimate of drug-likeness (QED) is 0.619. The predicted molar refractivity (Wildman–Crippen MR) is 70.3 cm³/mol. The number of hydrogen-bond acceptors (Lipinski definition) is 5. The van der Waals surface area contributed by atoms with Crippen molar-refractivity contribution in [3.63, 3.8) is 0 Å². The van der Waals surface area contributed by atoms with E-state index in [1.54, 1.807) is 0 Å². The summed E-state index contributed by atoms with van der Waals surface area (Å²) in [4.78, 5) is 14.4. The molecule has 0 saturated carbocycles. The normalized spacial score (nSPS) is 9.76. The zero-order valence-corrected chi connectivity index (χ0v) is 10.8. The number of hydrogen-bond donors (Lipinski definition) is 1. The van der Waals surface area contributed by atoms with Crippen LogP contribution in [0.2, 0.25) is 5.28 Å². The highest BCUT2D eigenvalue weighted by molar-refractivity contribution is 6.28. The van der Waals surface area contributed by atoms with E-state index in [1.165, 1.54) is 0 Å². The Balaban J connectivity index is 2.82. The maximum atomic E-state index is 5.85. The second-order valence-corrected chi connectivity index (χ2v) is 3.62. The molecule has 0 amide bonds. The topological polar surface area (TPSA) is 53.9 Å². The highest BCUT2D eigenvalue weighted by Gasteiger charge is 2.09. The summed E-state index contributed by atoms with van der Waals surface area (Å²) in [6.45, 7) is 6.33. The molecule has 6 heteroatoms. The van der Waals surface area contributed by atoms with Crippen LogP contribution in [0.15, 0.2) is 0 Å². The summed E-state index contributed by atoms with van der Waals surface area (Å²) < 4.78 is 0. The van der Waals surface area contributed by atoms with Crippen LogP contribution in [0.5, 0.6) is 0 Å². The lowest BCUT2D eigenvalue weighted by molar-refractivity contribution is 0.811. The molecule has 0 bridgehead atoms. The predicted octanol–water partition coefficient (Wildman–Crippen LogP) is 1.81. The van der Waals surface area contributed by atoms with Crippen molar-refractivity contribution in [1.29, 1.82) is 0 Å². The minimum atomic E-state index is 0.185. The molecule has 1 heterocycles. The maximum absolute atomic E-state index is 5.85. The Labute approximate surface area is 107 Å². The van der Waals surface area contributed by atoms with Crippen molar-refractivity contribution < 1.29 is 0 Å². The largest absolute Gasteiger partial charge is 0.353 e. The van der Waals surface area contributed by atoms with E-state index in [2.05, 4.69) is 26.2 Å². The van der Waals surface area contributed by atoms with Gasteiger partial charge in [-0.2, -0.15) is 15.0 Å². The van der Waals surface area contributed by atoms with E-state index in [9.17, 15) is 0 Å². The summed E-state index contributed by atoms with van der Waals surface area (Å²) in [5.41, 5.74) is 0. The van der Waals surface area contributed by atoms with Crippen LogP contribution in [0.25, 0.3) is 0 Å². The molecule has 0 aliphatic rings. The summed E-state index contributed by atoms with van der Waals surface area (Å²) in [7, 11) is 0. The van der Waals surface area contributed by atoms with Crippen molar-refractivity contribution >= 4 is 23.5 Å². The fourth-order valence-electron chi connectivity index (χ4n) is 1.31. The van der Waals surface area contributed by atoms with Crippen LogP contribution >= 0.6 is 11.6 Å². The lowest BCUT2D eigenvalue weighted by atomic mass is 10.4. The minimum absolute atomic E-state index is 0.185. The molecule has 1 aromatic heterocycles. The van der Waals surface area contributed by atoms with Crippen LogP contribution < -0.4 is 10.2 Å². The van der Waals surface area contributed by atoms with Crippen molar-refractivity contribution in [3.8, 4) is 12.3 Å². The minimum Gasteiger partial charge on any atom is -0.353 e. The summed E-state index contributed by atoms with van der Waals surface area (Å²) in [6.07, 6.45) is 5.78. The molecule has 0 atom stereocenters. The summed E-state index contributed by atoms with van der Waals surface area (Å²) in [6, 6.07) is 0. The first-order chi connectivity index (χ1) is 8.21. The second-order valence-electron chi connectivity index (χ2n) is 3.28. The highest BCUT2D eigenvalue weighted by atomic mass is 35.5. The molecule has 0 saturated heterocycles. The first-order valence-electron chi connectivity index (χ1n) is 5.55. The van der Waals surface area contributed by atoms with E-state index in [4.69, 9.17) is 18.0 Å². The molecule has 1 aromatic rings. The molecule has 0 aromatic carbocycles. The first-order valence-corrected chi connectivity index (χ1v) is 5.92. The maximum Gasteiger partial charge on any atom is 0.231 e. The van der Waals surface area contributed by atoms with Gasteiger partial charge in [-0.25, -0.2) is 0 Å². The number of terminal acetylenes is 1. The van der Waals surface area contributed by atoms with Gasteiger partial charge in [-0.05, 0) is 25.4 Å². The van der Waals surface area contributed by atoms with Crippen LogP contribution in [0, 0.1) is 12.3 Å². The molecule has 0 spiro atoms. The third kappa shape index (κ3) is 4.08. The van der Waals surface area contributed by atoms with E-state index in [-0.39, 0.29) is 5.28 Å². The lowest BCUT2D eigenvalue weighted by Gasteiger charge is -2.18. The number of halogens is 1. The molecule has 5 nitrogen and oxygen atoms in total. The van der Waals surface area contributed by atoms with Crippen LogP contribution in [0.3, 0.4) is 0 Å². The van der Waals surface area contributed by atoms with Gasteiger partial charge in [-0.15, -0.1) is 12.3 Å². The van der Waals surface area contributed by atoms with Crippen LogP contribution in [-0.2, 0) is 0 Å². The molecule has 0 radical (unpaired) electrons. The lowest BCUT2D eigenvalue weighted by Crippen LogP contribution is -2.25. The Hall–Kier alpha value is -1.54. The monoisotopic (exact) mass is 253 g/mol. The molecule has 0 fully saturated rings. The van der Waals surface area contributed by atoms with Gasteiger partial charge in [-0.3, -0.25) is 0 Å².